The van der Waals surface area contributed by atoms with E-state index >= 15 is 0 Å². The van der Waals surface area contributed by atoms with Crippen molar-refractivity contribution in [2.45, 2.75) is 19.3 Å². The first-order chi connectivity index (χ1) is 8.40. The normalized spacial score (nSPS) is 28.2. The van der Waals surface area contributed by atoms with Gasteiger partial charge in [0.2, 0.25) is 0 Å². The average Bonchev–Trinajstić information content (AvgIpc) is 3.01. The van der Waals surface area contributed by atoms with Gasteiger partial charge in [0.15, 0.2) is 0 Å². The third-order valence-corrected chi connectivity index (χ3v) is 17.6. The van der Waals surface area contributed by atoms with E-state index in [2.05, 4.69) is 47.0 Å². The van der Waals surface area contributed by atoms with Gasteiger partial charge in [-0.2, -0.15) is 0 Å². The zero-order chi connectivity index (χ0) is 11.2. The van der Waals surface area contributed by atoms with E-state index in [-0.39, 0.29) is 0 Å². The van der Waals surface area contributed by atoms with Crippen LogP contribution in [0.25, 0.3) is 0 Å². The number of rotatable bonds is 0. The molecule has 90 valence electrons. The number of thioether (sulfide) groups is 4. The molecule has 3 heterocycles. The molecule has 0 bridgehead atoms. The molecule has 0 fully saturated rings. The van der Waals surface area contributed by atoms with Gasteiger partial charge in [-0.3, -0.25) is 0 Å². The van der Waals surface area contributed by atoms with Crippen LogP contribution in [0.4, 0.5) is 0 Å². The molecule has 0 saturated heterocycles. The van der Waals surface area contributed by atoms with Crippen LogP contribution >= 0.6 is 47.0 Å². The van der Waals surface area contributed by atoms with Gasteiger partial charge in [-0.1, -0.05) is 0 Å². The van der Waals surface area contributed by atoms with E-state index in [9.17, 15) is 0 Å². The van der Waals surface area contributed by atoms with Crippen LogP contribution in [0.2, 0.25) is 0 Å². The maximum atomic E-state index is 2.15. The van der Waals surface area contributed by atoms with Crippen molar-refractivity contribution in [1.82, 2.24) is 0 Å². The molecular formula is C11H10S4Se2. The molecule has 0 aromatic carbocycles. The monoisotopic (exact) mass is 430 g/mol. The van der Waals surface area contributed by atoms with Crippen molar-refractivity contribution >= 4 is 77.0 Å². The Kier molecular flexibility index (Phi) is 3.80. The molecule has 0 aromatic heterocycles. The van der Waals surface area contributed by atoms with Crippen LogP contribution in [0.1, 0.15) is 19.3 Å². The molecule has 0 saturated carbocycles. The Morgan fingerprint density at radius 2 is 1.41 bits per heavy atom. The van der Waals surface area contributed by atoms with Crippen molar-refractivity contribution in [1.29, 1.82) is 0 Å². The fraction of sp³-hybridized carbons (Fsp3) is 0.455. The van der Waals surface area contributed by atoms with E-state index in [1.54, 1.807) is 21.7 Å². The van der Waals surface area contributed by atoms with Gasteiger partial charge < -0.3 is 0 Å². The third-order valence-electron chi connectivity index (χ3n) is 2.80. The van der Waals surface area contributed by atoms with Crippen molar-refractivity contribution in [2.24, 2.45) is 0 Å². The van der Waals surface area contributed by atoms with E-state index in [0.717, 1.165) is 0 Å². The number of hydrogen-bond donors (Lipinski definition) is 0. The van der Waals surface area contributed by atoms with Gasteiger partial charge in [-0.25, -0.2) is 0 Å². The Balaban J connectivity index is 1.55. The summed E-state index contributed by atoms with van der Waals surface area (Å²) in [5.41, 5.74) is 0. The van der Waals surface area contributed by atoms with Gasteiger partial charge in [0.05, 0.1) is 0 Å². The van der Waals surface area contributed by atoms with Crippen LogP contribution in [0, 0.1) is 0 Å². The Hall–Kier alpha value is 1.66. The quantitative estimate of drug-likeness (QED) is 0.535. The Morgan fingerprint density at radius 3 is 2.00 bits per heavy atom. The van der Waals surface area contributed by atoms with E-state index in [4.69, 9.17) is 0 Å². The predicted octanol–water partition coefficient (Wildman–Crippen LogP) is 4.02. The second kappa shape index (κ2) is 5.21. The summed E-state index contributed by atoms with van der Waals surface area (Å²) in [5, 5.41) is 0. The van der Waals surface area contributed by atoms with Crippen LogP contribution in [0.5, 0.6) is 0 Å². The van der Waals surface area contributed by atoms with E-state index in [1.165, 1.54) is 30.8 Å². The molecule has 0 unspecified atom stereocenters. The van der Waals surface area contributed by atoms with Crippen LogP contribution < -0.4 is 0 Å². The Bertz CT molecular complexity index is 440. The van der Waals surface area contributed by atoms with Crippen LogP contribution in [0.3, 0.4) is 0 Å². The molecule has 4 rings (SSSR count). The summed E-state index contributed by atoms with van der Waals surface area (Å²) < 4.78 is 7.11. The minimum absolute atomic E-state index is 0.697. The fourth-order valence-corrected chi connectivity index (χ4v) is 18.0. The van der Waals surface area contributed by atoms with Crippen molar-refractivity contribution in [3.8, 4) is 0 Å². The summed E-state index contributed by atoms with van der Waals surface area (Å²) in [4.78, 5) is 3.43. The van der Waals surface area contributed by atoms with Gasteiger partial charge >= 0.3 is 133 Å². The van der Waals surface area contributed by atoms with E-state index in [1.807, 2.05) is 3.37 Å². The van der Waals surface area contributed by atoms with Crippen LogP contribution in [-0.4, -0.2) is 41.4 Å². The summed E-state index contributed by atoms with van der Waals surface area (Å²) in [6.45, 7) is 0. The average molecular weight is 428 g/mol. The van der Waals surface area contributed by atoms with Crippen LogP contribution in [0.15, 0.2) is 25.0 Å². The summed E-state index contributed by atoms with van der Waals surface area (Å²) in [7, 11) is 0. The molecule has 0 atom stereocenters. The van der Waals surface area contributed by atoms with Crippen molar-refractivity contribution < 1.29 is 0 Å². The van der Waals surface area contributed by atoms with Gasteiger partial charge in [0.1, 0.15) is 0 Å². The zero-order valence-electron chi connectivity index (χ0n) is 8.99. The summed E-state index contributed by atoms with van der Waals surface area (Å²) in [6, 6.07) is 0. The van der Waals surface area contributed by atoms with Gasteiger partial charge in [-0.15, -0.1) is 0 Å². The topological polar surface area (TPSA) is 0 Å². The molecular weight excluding hydrogens is 418 g/mol. The molecule has 6 heteroatoms. The molecule has 0 nitrogen and oxygen atoms in total. The predicted molar refractivity (Wildman–Crippen MR) is 86.5 cm³/mol. The first kappa shape index (κ1) is 12.4. The molecule has 0 amide bonds. The molecule has 0 N–H and O–H groups in total. The summed E-state index contributed by atoms with van der Waals surface area (Å²) in [6.07, 6.45) is 4.13. The molecule has 0 radical (unpaired) electrons. The fourth-order valence-electron chi connectivity index (χ4n) is 2.03. The van der Waals surface area contributed by atoms with E-state index in [0.29, 0.717) is 29.9 Å². The van der Waals surface area contributed by atoms with Crippen molar-refractivity contribution in [3.63, 3.8) is 0 Å². The van der Waals surface area contributed by atoms with Gasteiger partial charge in [0.25, 0.3) is 0 Å². The third kappa shape index (κ3) is 2.38. The second-order valence-corrected chi connectivity index (χ2v) is 15.4. The first-order valence-electron chi connectivity index (χ1n) is 5.58. The summed E-state index contributed by atoms with van der Waals surface area (Å²) >= 11 is 9.97. The Labute approximate surface area is 131 Å². The first-order valence-corrected chi connectivity index (χ1v) is 12.6. The maximum absolute atomic E-state index is 2.15. The zero-order valence-corrected chi connectivity index (χ0v) is 15.7. The van der Waals surface area contributed by atoms with E-state index < -0.39 is 0 Å². The second-order valence-electron chi connectivity index (χ2n) is 3.95. The molecule has 17 heavy (non-hydrogen) atoms. The van der Waals surface area contributed by atoms with Crippen molar-refractivity contribution in [2.75, 3.05) is 11.5 Å². The molecule has 4 aliphatic rings. The molecule has 0 spiro atoms. The standard InChI is InChI=1S/C11H10S4Se2/c1-2-6-7(3-1)15-8(14-6)11-16-9-10(17-11)13-5-4-12-9/h1-5H2. The number of hydrogen-bond acceptors (Lipinski definition) is 4. The minimum atomic E-state index is 0.697. The molecule has 1 aliphatic carbocycles. The molecule has 0 aromatic rings. The van der Waals surface area contributed by atoms with Crippen molar-refractivity contribution in [3.05, 3.63) is 25.0 Å². The SMILES string of the molecule is C1CC2=C(C1)SC(=C1[Se]C3=C(SCCS3)[Se]1)S2. The summed E-state index contributed by atoms with van der Waals surface area (Å²) in [5.74, 6) is 2.69. The molecule has 3 aliphatic heterocycles. The Morgan fingerprint density at radius 1 is 0.824 bits per heavy atom. The van der Waals surface area contributed by atoms with Gasteiger partial charge in [0, 0.05) is 0 Å². The van der Waals surface area contributed by atoms with Gasteiger partial charge in [-0.05, 0) is 0 Å². The number of allylic oxidation sites excluding steroid dienone is 2. The van der Waals surface area contributed by atoms with Crippen LogP contribution in [-0.2, 0) is 0 Å².